The molecule has 0 saturated carbocycles. The topological polar surface area (TPSA) is 62.6 Å². The van der Waals surface area contributed by atoms with Crippen molar-refractivity contribution in [1.29, 1.82) is 0 Å². The van der Waals surface area contributed by atoms with E-state index in [-0.39, 0.29) is 6.73 Å². The summed E-state index contributed by atoms with van der Waals surface area (Å²) < 4.78 is 18.2. The lowest BCUT2D eigenvalue weighted by atomic mass is 10.2. The Balaban J connectivity index is 1.68. The molecular formula is C15H16N2O4. The molecule has 2 heterocycles. The molecule has 1 fully saturated rings. The minimum absolute atomic E-state index is 0.224. The summed E-state index contributed by atoms with van der Waals surface area (Å²) in [5, 5.41) is 0. The van der Waals surface area contributed by atoms with Gasteiger partial charge in [-0.2, -0.15) is 0 Å². The van der Waals surface area contributed by atoms with Crippen molar-refractivity contribution < 1.29 is 19.0 Å². The lowest BCUT2D eigenvalue weighted by molar-refractivity contribution is -0.0546. The first-order valence-electron chi connectivity index (χ1n) is 6.74. The van der Waals surface area contributed by atoms with Crippen LogP contribution in [0.25, 0.3) is 0 Å². The number of hydrogen-bond donors (Lipinski definition) is 0. The zero-order valence-corrected chi connectivity index (χ0v) is 11.5. The third kappa shape index (κ3) is 3.18. The van der Waals surface area contributed by atoms with E-state index in [0.29, 0.717) is 37.6 Å². The molecule has 0 N–H and O–H groups in total. The van der Waals surface area contributed by atoms with Gasteiger partial charge in [-0.15, -0.1) is 0 Å². The van der Waals surface area contributed by atoms with Crippen LogP contribution in [0.15, 0.2) is 36.5 Å². The molecule has 0 atom stereocenters. The normalized spacial score (nSPS) is 15.4. The van der Waals surface area contributed by atoms with Crippen LogP contribution in [0.3, 0.4) is 0 Å². The first kappa shape index (κ1) is 13.9. The minimum Gasteiger partial charge on any atom is -0.356 e. The molecule has 2 aromatic rings. The molecule has 0 radical (unpaired) electrons. The van der Waals surface area contributed by atoms with Crippen LogP contribution in [0.2, 0.25) is 0 Å². The van der Waals surface area contributed by atoms with Crippen LogP contribution in [-0.4, -0.2) is 29.1 Å². The van der Waals surface area contributed by atoms with Crippen molar-refractivity contribution in [2.45, 2.75) is 19.6 Å². The molecule has 1 aromatic heterocycles. The molecule has 0 spiro atoms. The molecule has 1 aromatic carbocycles. The number of aldehydes is 1. The van der Waals surface area contributed by atoms with Crippen molar-refractivity contribution in [3.05, 3.63) is 53.6 Å². The SMILES string of the molecule is O=Cc1ncc(C2OCCO2)n1COCc1ccccc1. The number of carbonyl (C=O) groups is 1. The molecule has 0 aliphatic carbocycles. The number of rotatable bonds is 6. The monoisotopic (exact) mass is 288 g/mol. The van der Waals surface area contributed by atoms with Gasteiger partial charge < -0.3 is 14.2 Å². The van der Waals surface area contributed by atoms with Crippen LogP contribution in [-0.2, 0) is 27.5 Å². The van der Waals surface area contributed by atoms with Crippen LogP contribution in [0.5, 0.6) is 0 Å². The Bertz CT molecular complexity index is 591. The molecular weight excluding hydrogens is 272 g/mol. The Morgan fingerprint density at radius 1 is 1.29 bits per heavy atom. The molecule has 1 aliphatic rings. The molecule has 1 aliphatic heterocycles. The van der Waals surface area contributed by atoms with Gasteiger partial charge in [-0.05, 0) is 5.56 Å². The molecule has 21 heavy (non-hydrogen) atoms. The number of ether oxygens (including phenoxy) is 3. The highest BCUT2D eigenvalue weighted by Gasteiger charge is 2.24. The van der Waals surface area contributed by atoms with Crippen molar-refractivity contribution in [3.63, 3.8) is 0 Å². The van der Waals surface area contributed by atoms with E-state index in [4.69, 9.17) is 14.2 Å². The lowest BCUT2D eigenvalue weighted by Crippen LogP contribution is -2.13. The number of nitrogens with zero attached hydrogens (tertiary/aromatic N) is 2. The van der Waals surface area contributed by atoms with Gasteiger partial charge in [-0.1, -0.05) is 30.3 Å². The fourth-order valence-electron chi connectivity index (χ4n) is 2.18. The predicted octanol–water partition coefficient (Wildman–Crippen LogP) is 1.92. The second-order valence-corrected chi connectivity index (χ2v) is 4.62. The highest BCUT2D eigenvalue weighted by molar-refractivity contribution is 5.69. The third-order valence-electron chi connectivity index (χ3n) is 3.22. The predicted molar refractivity (Wildman–Crippen MR) is 73.5 cm³/mol. The van der Waals surface area contributed by atoms with Gasteiger partial charge >= 0.3 is 0 Å². The molecule has 3 rings (SSSR count). The highest BCUT2D eigenvalue weighted by Crippen LogP contribution is 2.24. The van der Waals surface area contributed by atoms with E-state index in [2.05, 4.69) is 4.98 Å². The Kier molecular flexibility index (Phi) is 4.40. The molecule has 1 saturated heterocycles. The van der Waals surface area contributed by atoms with E-state index in [9.17, 15) is 4.79 Å². The quantitative estimate of drug-likeness (QED) is 0.760. The fraction of sp³-hybridized carbons (Fsp3) is 0.333. The summed E-state index contributed by atoms with van der Waals surface area (Å²) in [5.41, 5.74) is 1.77. The van der Waals surface area contributed by atoms with E-state index < -0.39 is 6.29 Å². The van der Waals surface area contributed by atoms with Crippen LogP contribution in [0.1, 0.15) is 28.2 Å². The smallest absolute Gasteiger partial charge is 0.200 e. The Morgan fingerprint density at radius 3 is 2.76 bits per heavy atom. The van der Waals surface area contributed by atoms with Gasteiger partial charge in [0.25, 0.3) is 0 Å². The number of aromatic nitrogens is 2. The third-order valence-corrected chi connectivity index (χ3v) is 3.22. The zero-order chi connectivity index (χ0) is 14.5. The van der Waals surface area contributed by atoms with E-state index in [0.717, 1.165) is 5.56 Å². The number of imidazole rings is 1. The van der Waals surface area contributed by atoms with Gasteiger partial charge in [0.15, 0.2) is 12.1 Å². The van der Waals surface area contributed by atoms with Gasteiger partial charge in [0.1, 0.15) is 6.73 Å². The summed E-state index contributed by atoms with van der Waals surface area (Å²) >= 11 is 0. The molecule has 0 unspecified atom stereocenters. The Morgan fingerprint density at radius 2 is 2.05 bits per heavy atom. The molecule has 110 valence electrons. The zero-order valence-electron chi connectivity index (χ0n) is 11.5. The highest BCUT2D eigenvalue weighted by atomic mass is 16.7. The van der Waals surface area contributed by atoms with Crippen molar-refractivity contribution in [1.82, 2.24) is 9.55 Å². The van der Waals surface area contributed by atoms with Crippen LogP contribution in [0.4, 0.5) is 0 Å². The standard InChI is InChI=1S/C15H16N2O4/c18-9-14-16-8-13(15-20-6-7-21-15)17(14)11-19-10-12-4-2-1-3-5-12/h1-5,8-9,15H,6-7,10-11H2. The van der Waals surface area contributed by atoms with Crippen LogP contribution in [0, 0.1) is 0 Å². The largest absolute Gasteiger partial charge is 0.356 e. The minimum atomic E-state index is -0.480. The maximum absolute atomic E-state index is 11.1. The first-order chi connectivity index (χ1) is 10.4. The summed E-state index contributed by atoms with van der Waals surface area (Å²) in [6.45, 7) is 1.76. The number of benzene rings is 1. The van der Waals surface area contributed by atoms with E-state index in [1.807, 2.05) is 30.3 Å². The summed E-state index contributed by atoms with van der Waals surface area (Å²) in [6.07, 6.45) is 1.81. The molecule has 0 amide bonds. The summed E-state index contributed by atoms with van der Waals surface area (Å²) in [4.78, 5) is 15.1. The van der Waals surface area contributed by atoms with E-state index in [1.54, 1.807) is 10.8 Å². The molecule has 0 bridgehead atoms. The lowest BCUT2D eigenvalue weighted by Gasteiger charge is -2.14. The average Bonchev–Trinajstić information content (AvgIpc) is 3.17. The van der Waals surface area contributed by atoms with Crippen LogP contribution >= 0.6 is 0 Å². The number of carbonyl (C=O) groups excluding carboxylic acids is 1. The molecule has 6 nitrogen and oxygen atoms in total. The van der Waals surface area contributed by atoms with Crippen molar-refractivity contribution >= 4 is 6.29 Å². The van der Waals surface area contributed by atoms with Crippen LogP contribution < -0.4 is 0 Å². The Labute approximate surface area is 122 Å². The number of hydrogen-bond acceptors (Lipinski definition) is 5. The second-order valence-electron chi connectivity index (χ2n) is 4.62. The van der Waals surface area contributed by atoms with E-state index >= 15 is 0 Å². The van der Waals surface area contributed by atoms with E-state index in [1.165, 1.54) is 0 Å². The Hall–Kier alpha value is -2.02. The van der Waals surface area contributed by atoms with Gasteiger partial charge in [0, 0.05) is 0 Å². The fourth-order valence-corrected chi connectivity index (χ4v) is 2.18. The van der Waals surface area contributed by atoms with Crippen molar-refractivity contribution in [3.8, 4) is 0 Å². The maximum Gasteiger partial charge on any atom is 0.200 e. The summed E-state index contributed by atoms with van der Waals surface area (Å²) in [7, 11) is 0. The van der Waals surface area contributed by atoms with Gasteiger partial charge in [-0.25, -0.2) is 4.98 Å². The van der Waals surface area contributed by atoms with Gasteiger partial charge in [0.05, 0.1) is 31.7 Å². The van der Waals surface area contributed by atoms with Gasteiger partial charge in [-0.3, -0.25) is 9.36 Å². The average molecular weight is 288 g/mol. The van der Waals surface area contributed by atoms with Crippen molar-refractivity contribution in [2.75, 3.05) is 13.2 Å². The molecule has 6 heteroatoms. The second kappa shape index (κ2) is 6.62. The van der Waals surface area contributed by atoms with Gasteiger partial charge in [0.2, 0.25) is 6.29 Å². The summed E-state index contributed by atoms with van der Waals surface area (Å²) in [5.74, 6) is 0.303. The summed E-state index contributed by atoms with van der Waals surface area (Å²) in [6, 6.07) is 9.84. The van der Waals surface area contributed by atoms with Crippen molar-refractivity contribution in [2.24, 2.45) is 0 Å². The maximum atomic E-state index is 11.1. The first-order valence-corrected chi connectivity index (χ1v) is 6.74.